The van der Waals surface area contributed by atoms with E-state index in [2.05, 4.69) is 53.6 Å². The summed E-state index contributed by atoms with van der Waals surface area (Å²) in [6.45, 7) is 8.86. The zero-order chi connectivity index (χ0) is 10.1. The Labute approximate surface area is 87.9 Å². The summed E-state index contributed by atoms with van der Waals surface area (Å²) in [7, 11) is 0. The summed E-state index contributed by atoms with van der Waals surface area (Å²) in [5.41, 5.74) is 1.42. The Bertz CT molecular complexity index is 291. The topological polar surface area (TPSA) is 25.8 Å². The fourth-order valence-electron chi connectivity index (χ4n) is 1.08. The highest BCUT2D eigenvalue weighted by atomic mass is 79.9. The minimum atomic E-state index is 0.243. The molecule has 0 saturated heterocycles. The van der Waals surface area contributed by atoms with Crippen molar-refractivity contribution in [1.82, 2.24) is 9.97 Å². The quantitative estimate of drug-likeness (QED) is 0.706. The summed E-state index contributed by atoms with van der Waals surface area (Å²) in [4.78, 5) is 8.16. The standard InChI is InChI=1S/C10H15BrN2/c1-7(10(2,3)4)8-5-12-6-13-9(8)11/h5-7H,1-4H3. The van der Waals surface area contributed by atoms with Crippen molar-refractivity contribution in [3.8, 4) is 0 Å². The van der Waals surface area contributed by atoms with Gasteiger partial charge >= 0.3 is 0 Å². The van der Waals surface area contributed by atoms with Gasteiger partial charge in [-0.3, -0.25) is 0 Å². The predicted molar refractivity (Wildman–Crippen MR) is 57.6 cm³/mol. The molecular weight excluding hydrogens is 228 g/mol. The predicted octanol–water partition coefficient (Wildman–Crippen LogP) is 3.39. The summed E-state index contributed by atoms with van der Waals surface area (Å²) >= 11 is 3.44. The van der Waals surface area contributed by atoms with Crippen molar-refractivity contribution in [2.45, 2.75) is 33.6 Å². The largest absolute Gasteiger partial charge is 0.244 e. The summed E-state index contributed by atoms with van der Waals surface area (Å²) in [6, 6.07) is 0. The Morgan fingerprint density at radius 3 is 2.46 bits per heavy atom. The van der Waals surface area contributed by atoms with Gasteiger partial charge in [0.25, 0.3) is 0 Å². The summed E-state index contributed by atoms with van der Waals surface area (Å²) < 4.78 is 0.907. The molecule has 0 bridgehead atoms. The number of rotatable bonds is 1. The van der Waals surface area contributed by atoms with Crippen molar-refractivity contribution in [3.63, 3.8) is 0 Å². The highest BCUT2D eigenvalue weighted by molar-refractivity contribution is 9.10. The second-order valence-corrected chi connectivity index (χ2v) is 5.11. The van der Waals surface area contributed by atoms with Crippen LogP contribution in [-0.4, -0.2) is 9.97 Å². The highest BCUT2D eigenvalue weighted by Crippen LogP contribution is 2.36. The van der Waals surface area contributed by atoms with Crippen LogP contribution in [0.25, 0.3) is 0 Å². The lowest BCUT2D eigenvalue weighted by Gasteiger charge is -2.27. The zero-order valence-electron chi connectivity index (χ0n) is 8.50. The summed E-state index contributed by atoms with van der Waals surface area (Å²) in [5.74, 6) is 0.447. The van der Waals surface area contributed by atoms with Gasteiger partial charge in [0.05, 0.1) is 0 Å². The first-order valence-corrected chi connectivity index (χ1v) is 5.17. The SMILES string of the molecule is CC(c1cncnc1Br)C(C)(C)C. The Morgan fingerprint density at radius 2 is 2.00 bits per heavy atom. The third-order valence-corrected chi connectivity index (χ3v) is 3.12. The first-order chi connectivity index (χ1) is 5.93. The van der Waals surface area contributed by atoms with Crippen LogP contribution in [0.1, 0.15) is 39.2 Å². The molecule has 0 N–H and O–H groups in total. The molecule has 0 aliphatic rings. The highest BCUT2D eigenvalue weighted by Gasteiger charge is 2.23. The summed E-state index contributed by atoms with van der Waals surface area (Å²) in [6.07, 6.45) is 3.44. The fourth-order valence-corrected chi connectivity index (χ4v) is 1.62. The molecule has 0 aliphatic carbocycles. The second-order valence-electron chi connectivity index (χ2n) is 4.36. The van der Waals surface area contributed by atoms with Gasteiger partial charge in [0, 0.05) is 11.8 Å². The van der Waals surface area contributed by atoms with Crippen LogP contribution in [0, 0.1) is 5.41 Å². The van der Waals surface area contributed by atoms with E-state index in [1.165, 1.54) is 5.56 Å². The van der Waals surface area contributed by atoms with Crippen molar-refractivity contribution >= 4 is 15.9 Å². The molecular formula is C10H15BrN2. The molecule has 13 heavy (non-hydrogen) atoms. The molecule has 1 heterocycles. The zero-order valence-corrected chi connectivity index (χ0v) is 10.1. The van der Waals surface area contributed by atoms with Gasteiger partial charge < -0.3 is 0 Å². The molecule has 1 atom stereocenters. The number of hydrogen-bond acceptors (Lipinski definition) is 2. The molecule has 0 fully saturated rings. The van der Waals surface area contributed by atoms with Crippen LogP contribution in [0.3, 0.4) is 0 Å². The number of nitrogens with zero attached hydrogens (tertiary/aromatic N) is 2. The Morgan fingerprint density at radius 1 is 1.38 bits per heavy atom. The van der Waals surface area contributed by atoms with Gasteiger partial charge in [-0.15, -0.1) is 0 Å². The monoisotopic (exact) mass is 242 g/mol. The molecule has 3 heteroatoms. The maximum atomic E-state index is 4.12. The van der Waals surface area contributed by atoms with Crippen molar-refractivity contribution in [2.24, 2.45) is 5.41 Å². The van der Waals surface area contributed by atoms with E-state index in [0.29, 0.717) is 5.92 Å². The van der Waals surface area contributed by atoms with E-state index in [1.54, 1.807) is 6.33 Å². The Balaban J connectivity index is 3.02. The minimum absolute atomic E-state index is 0.243. The third kappa shape index (κ3) is 2.50. The van der Waals surface area contributed by atoms with Gasteiger partial charge in [-0.2, -0.15) is 0 Å². The normalized spacial score (nSPS) is 14.2. The van der Waals surface area contributed by atoms with Gasteiger partial charge in [-0.05, 0) is 27.3 Å². The van der Waals surface area contributed by atoms with Gasteiger partial charge in [-0.1, -0.05) is 27.7 Å². The van der Waals surface area contributed by atoms with E-state index in [0.717, 1.165) is 4.60 Å². The molecule has 1 aromatic heterocycles. The third-order valence-electron chi connectivity index (χ3n) is 2.46. The van der Waals surface area contributed by atoms with Crippen molar-refractivity contribution in [1.29, 1.82) is 0 Å². The molecule has 0 amide bonds. The number of halogens is 1. The van der Waals surface area contributed by atoms with Crippen LogP contribution in [0.2, 0.25) is 0 Å². The van der Waals surface area contributed by atoms with Crippen molar-refractivity contribution in [2.75, 3.05) is 0 Å². The number of hydrogen-bond donors (Lipinski definition) is 0. The molecule has 0 aromatic carbocycles. The van der Waals surface area contributed by atoms with Crippen LogP contribution >= 0.6 is 15.9 Å². The van der Waals surface area contributed by atoms with Gasteiger partial charge in [-0.25, -0.2) is 9.97 Å². The van der Waals surface area contributed by atoms with Crippen molar-refractivity contribution < 1.29 is 0 Å². The fraction of sp³-hybridized carbons (Fsp3) is 0.600. The van der Waals surface area contributed by atoms with Crippen LogP contribution in [-0.2, 0) is 0 Å². The van der Waals surface area contributed by atoms with Crippen LogP contribution in [0.4, 0.5) is 0 Å². The Hall–Kier alpha value is -0.440. The first-order valence-electron chi connectivity index (χ1n) is 4.38. The lowest BCUT2D eigenvalue weighted by Crippen LogP contribution is -2.16. The molecule has 72 valence electrons. The maximum absolute atomic E-state index is 4.12. The maximum Gasteiger partial charge on any atom is 0.116 e. The van der Waals surface area contributed by atoms with Gasteiger partial charge in [0.1, 0.15) is 10.9 Å². The van der Waals surface area contributed by atoms with Crippen LogP contribution in [0.5, 0.6) is 0 Å². The number of aromatic nitrogens is 2. The van der Waals surface area contributed by atoms with E-state index in [1.807, 2.05) is 6.20 Å². The van der Waals surface area contributed by atoms with Crippen LogP contribution < -0.4 is 0 Å². The molecule has 0 spiro atoms. The van der Waals surface area contributed by atoms with Gasteiger partial charge in [0.2, 0.25) is 0 Å². The molecule has 2 nitrogen and oxygen atoms in total. The molecule has 1 unspecified atom stereocenters. The lowest BCUT2D eigenvalue weighted by atomic mass is 9.79. The smallest absolute Gasteiger partial charge is 0.116 e. The molecule has 0 aliphatic heterocycles. The van der Waals surface area contributed by atoms with E-state index in [-0.39, 0.29) is 5.41 Å². The van der Waals surface area contributed by atoms with E-state index < -0.39 is 0 Å². The van der Waals surface area contributed by atoms with Gasteiger partial charge in [0.15, 0.2) is 0 Å². The van der Waals surface area contributed by atoms with Crippen LogP contribution in [0.15, 0.2) is 17.1 Å². The Kier molecular flexibility index (Phi) is 3.06. The lowest BCUT2D eigenvalue weighted by molar-refractivity contribution is 0.337. The average molecular weight is 243 g/mol. The minimum Gasteiger partial charge on any atom is -0.244 e. The molecule has 1 rings (SSSR count). The first kappa shape index (κ1) is 10.6. The molecule has 0 saturated carbocycles. The van der Waals surface area contributed by atoms with Crippen molar-refractivity contribution in [3.05, 3.63) is 22.7 Å². The van der Waals surface area contributed by atoms with E-state index >= 15 is 0 Å². The summed E-state index contributed by atoms with van der Waals surface area (Å²) in [5, 5.41) is 0. The molecule has 1 aromatic rings. The average Bonchev–Trinajstić information content (AvgIpc) is 2.02. The van der Waals surface area contributed by atoms with E-state index in [9.17, 15) is 0 Å². The second kappa shape index (κ2) is 3.74. The van der Waals surface area contributed by atoms with E-state index in [4.69, 9.17) is 0 Å². The molecule has 0 radical (unpaired) electrons.